The maximum atomic E-state index is 8.99. The summed E-state index contributed by atoms with van der Waals surface area (Å²) in [6.07, 6.45) is 1.12. The topological polar surface area (TPSA) is 77.7 Å². The van der Waals surface area contributed by atoms with E-state index in [1.165, 1.54) is 0 Å². The van der Waals surface area contributed by atoms with Gasteiger partial charge in [-0.2, -0.15) is 20.2 Å². The molecule has 1 aliphatic rings. The smallest absolute Gasteiger partial charge is 0.238 e. The first-order valence-corrected chi connectivity index (χ1v) is 6.56. The molecule has 0 atom stereocenters. The van der Waals surface area contributed by atoms with E-state index in [1.807, 2.05) is 23.1 Å². The van der Waals surface area contributed by atoms with Crippen LogP contribution in [0.1, 0.15) is 12.2 Å². The molecular weight excluding hydrogens is 276 g/mol. The minimum atomic E-state index is 0.110. The average Bonchev–Trinajstić information content (AvgIpc) is 2.39. The van der Waals surface area contributed by atoms with Crippen LogP contribution in [-0.2, 0) is 0 Å². The lowest BCUT2D eigenvalue weighted by Gasteiger charge is -2.30. The lowest BCUT2D eigenvalue weighted by atomic mass is 10.2. The quantitative estimate of drug-likeness (QED) is 0.933. The summed E-state index contributed by atoms with van der Waals surface area (Å²) in [7, 11) is 0. The first kappa shape index (κ1) is 12.6. The molecule has 0 saturated carbocycles. The highest BCUT2D eigenvalue weighted by atomic mass is 35.5. The summed E-state index contributed by atoms with van der Waals surface area (Å²) >= 11 is 5.84. The van der Waals surface area contributed by atoms with Crippen LogP contribution in [0, 0.1) is 11.3 Å². The molecule has 1 aliphatic heterocycles. The third-order valence-electron chi connectivity index (χ3n) is 2.96. The number of nitrogens with zero attached hydrogens (tertiary/aromatic N) is 5. The van der Waals surface area contributed by atoms with E-state index in [1.54, 1.807) is 12.1 Å². The highest BCUT2D eigenvalue weighted by molar-refractivity contribution is 6.30. The molecule has 2 heterocycles. The average molecular weight is 287 g/mol. The van der Waals surface area contributed by atoms with Gasteiger partial charge in [0.2, 0.25) is 17.7 Å². The lowest BCUT2D eigenvalue weighted by Crippen LogP contribution is -2.38. The number of anilines is 3. The molecule has 2 aromatic rings. The van der Waals surface area contributed by atoms with E-state index in [2.05, 4.69) is 20.3 Å². The van der Waals surface area contributed by atoms with Crippen LogP contribution in [0.25, 0.3) is 0 Å². The maximum Gasteiger partial charge on any atom is 0.238 e. The van der Waals surface area contributed by atoms with Crippen LogP contribution in [0.3, 0.4) is 0 Å². The zero-order valence-corrected chi connectivity index (χ0v) is 11.3. The molecular formula is C13H11ClN6. The molecule has 0 radical (unpaired) electrons. The van der Waals surface area contributed by atoms with Crippen molar-refractivity contribution in [2.24, 2.45) is 0 Å². The van der Waals surface area contributed by atoms with Crippen molar-refractivity contribution in [2.45, 2.75) is 6.42 Å². The SMILES string of the molecule is N#Cc1nc(Nc2ccc(Cl)cc2)nc(N2CCC2)n1. The van der Waals surface area contributed by atoms with Crippen LogP contribution in [0.2, 0.25) is 5.02 Å². The largest absolute Gasteiger partial charge is 0.341 e. The predicted octanol–water partition coefficient (Wildman–Crippen LogP) is 2.35. The first-order valence-electron chi connectivity index (χ1n) is 6.18. The summed E-state index contributed by atoms with van der Waals surface area (Å²) in [5.41, 5.74) is 0.805. The third kappa shape index (κ3) is 2.63. The van der Waals surface area contributed by atoms with Crippen LogP contribution in [-0.4, -0.2) is 28.0 Å². The van der Waals surface area contributed by atoms with Gasteiger partial charge in [0.15, 0.2) is 0 Å². The normalized spacial score (nSPS) is 13.5. The van der Waals surface area contributed by atoms with Gasteiger partial charge in [-0.1, -0.05) is 11.6 Å². The Kier molecular flexibility index (Phi) is 3.35. The van der Waals surface area contributed by atoms with E-state index in [-0.39, 0.29) is 5.82 Å². The Morgan fingerprint density at radius 3 is 2.50 bits per heavy atom. The fourth-order valence-electron chi connectivity index (χ4n) is 1.79. The minimum absolute atomic E-state index is 0.110. The molecule has 1 N–H and O–H groups in total. The molecule has 0 amide bonds. The highest BCUT2D eigenvalue weighted by Gasteiger charge is 2.19. The Morgan fingerprint density at radius 2 is 1.90 bits per heavy atom. The lowest BCUT2D eigenvalue weighted by molar-refractivity contribution is 0.598. The molecule has 3 rings (SSSR count). The number of nitrogens with one attached hydrogen (secondary N) is 1. The summed E-state index contributed by atoms with van der Waals surface area (Å²) in [5.74, 6) is 1.01. The zero-order valence-electron chi connectivity index (χ0n) is 10.5. The molecule has 100 valence electrons. The van der Waals surface area contributed by atoms with Crippen molar-refractivity contribution in [3.8, 4) is 6.07 Å². The maximum absolute atomic E-state index is 8.99. The van der Waals surface area contributed by atoms with Gasteiger partial charge >= 0.3 is 0 Å². The van der Waals surface area contributed by atoms with Crippen molar-refractivity contribution in [3.05, 3.63) is 35.1 Å². The van der Waals surface area contributed by atoms with Gasteiger partial charge in [-0.15, -0.1) is 0 Å². The summed E-state index contributed by atoms with van der Waals surface area (Å²) < 4.78 is 0. The summed E-state index contributed by atoms with van der Waals surface area (Å²) in [6.45, 7) is 1.82. The van der Waals surface area contributed by atoms with Gasteiger partial charge in [0.05, 0.1) is 0 Å². The van der Waals surface area contributed by atoms with E-state index in [0.29, 0.717) is 16.9 Å². The standard InChI is InChI=1S/C13H11ClN6/c14-9-2-4-10(5-3-9)16-12-17-11(8-15)18-13(19-12)20-6-1-7-20/h2-5H,1,6-7H2,(H,16,17,18,19). The van der Waals surface area contributed by atoms with Crippen molar-refractivity contribution in [1.82, 2.24) is 15.0 Å². The molecule has 1 aromatic heterocycles. The van der Waals surface area contributed by atoms with Crippen LogP contribution in [0.4, 0.5) is 17.6 Å². The molecule has 0 spiro atoms. The van der Waals surface area contributed by atoms with Gasteiger partial charge in [-0.3, -0.25) is 0 Å². The summed E-state index contributed by atoms with van der Waals surface area (Å²) in [4.78, 5) is 14.5. The van der Waals surface area contributed by atoms with Gasteiger partial charge in [-0.05, 0) is 30.7 Å². The Labute approximate surface area is 121 Å². The van der Waals surface area contributed by atoms with Crippen molar-refractivity contribution < 1.29 is 0 Å². The number of rotatable bonds is 3. The molecule has 1 aromatic carbocycles. The second kappa shape index (κ2) is 5.31. The third-order valence-corrected chi connectivity index (χ3v) is 3.21. The van der Waals surface area contributed by atoms with E-state index < -0.39 is 0 Å². The van der Waals surface area contributed by atoms with Gasteiger partial charge < -0.3 is 10.2 Å². The number of nitriles is 1. The number of aromatic nitrogens is 3. The number of halogens is 1. The van der Waals surface area contributed by atoms with Crippen LogP contribution in [0.15, 0.2) is 24.3 Å². The molecule has 7 heteroatoms. The molecule has 0 unspecified atom stereocenters. The fourth-order valence-corrected chi connectivity index (χ4v) is 1.92. The first-order chi connectivity index (χ1) is 9.74. The predicted molar refractivity (Wildman–Crippen MR) is 76.1 cm³/mol. The Bertz CT molecular complexity index is 660. The van der Waals surface area contributed by atoms with E-state index in [0.717, 1.165) is 25.2 Å². The van der Waals surface area contributed by atoms with Gasteiger partial charge in [-0.25, -0.2) is 0 Å². The number of hydrogen-bond donors (Lipinski definition) is 1. The van der Waals surface area contributed by atoms with Crippen molar-refractivity contribution in [1.29, 1.82) is 5.26 Å². The van der Waals surface area contributed by atoms with Gasteiger partial charge in [0.25, 0.3) is 0 Å². The Balaban J connectivity index is 1.88. The Hall–Kier alpha value is -2.39. The monoisotopic (exact) mass is 286 g/mol. The van der Waals surface area contributed by atoms with E-state index in [9.17, 15) is 0 Å². The minimum Gasteiger partial charge on any atom is -0.341 e. The Morgan fingerprint density at radius 1 is 1.15 bits per heavy atom. The molecule has 0 bridgehead atoms. The molecule has 0 aliphatic carbocycles. The molecule has 1 saturated heterocycles. The van der Waals surface area contributed by atoms with E-state index >= 15 is 0 Å². The van der Waals surface area contributed by atoms with Gasteiger partial charge in [0, 0.05) is 23.8 Å². The van der Waals surface area contributed by atoms with Crippen LogP contribution in [0.5, 0.6) is 0 Å². The van der Waals surface area contributed by atoms with Crippen LogP contribution < -0.4 is 10.2 Å². The molecule has 6 nitrogen and oxygen atoms in total. The van der Waals surface area contributed by atoms with E-state index in [4.69, 9.17) is 16.9 Å². The summed E-state index contributed by atoms with van der Waals surface area (Å²) in [5, 5.41) is 12.7. The molecule has 20 heavy (non-hydrogen) atoms. The number of benzene rings is 1. The van der Waals surface area contributed by atoms with Crippen molar-refractivity contribution in [2.75, 3.05) is 23.3 Å². The summed E-state index contributed by atoms with van der Waals surface area (Å²) in [6, 6.07) is 9.14. The fraction of sp³-hybridized carbons (Fsp3) is 0.231. The second-order valence-electron chi connectivity index (χ2n) is 4.37. The molecule has 1 fully saturated rings. The van der Waals surface area contributed by atoms with Crippen LogP contribution >= 0.6 is 11.6 Å². The number of hydrogen-bond acceptors (Lipinski definition) is 6. The second-order valence-corrected chi connectivity index (χ2v) is 4.80. The van der Waals surface area contributed by atoms with Gasteiger partial charge in [0.1, 0.15) is 6.07 Å². The van der Waals surface area contributed by atoms with Crippen molar-refractivity contribution >= 4 is 29.2 Å². The zero-order chi connectivity index (χ0) is 13.9. The van der Waals surface area contributed by atoms with Crippen molar-refractivity contribution in [3.63, 3.8) is 0 Å². The highest BCUT2D eigenvalue weighted by Crippen LogP contribution is 2.20.